The fourth-order valence-corrected chi connectivity index (χ4v) is 4.06. The van der Waals surface area contributed by atoms with E-state index in [0.717, 1.165) is 25.7 Å². The first-order valence-electron chi connectivity index (χ1n) is 8.76. The number of amides is 2. The third kappa shape index (κ3) is 2.54. The molecule has 1 saturated carbocycles. The molecule has 6 heteroatoms. The van der Waals surface area contributed by atoms with Crippen molar-refractivity contribution in [2.75, 3.05) is 13.1 Å². The zero-order valence-electron chi connectivity index (χ0n) is 13.8. The molecule has 1 aliphatic carbocycles. The van der Waals surface area contributed by atoms with Gasteiger partial charge in [-0.3, -0.25) is 9.59 Å². The summed E-state index contributed by atoms with van der Waals surface area (Å²) in [5.41, 5.74) is 0.319. The van der Waals surface area contributed by atoms with Gasteiger partial charge in [0.2, 0.25) is 5.91 Å². The second-order valence-corrected chi connectivity index (χ2v) is 7.30. The van der Waals surface area contributed by atoms with Gasteiger partial charge in [0.1, 0.15) is 11.3 Å². The molecule has 2 atom stereocenters. The molecule has 2 amide bonds. The number of carbonyl (C=O) groups is 2. The summed E-state index contributed by atoms with van der Waals surface area (Å²) in [6.45, 7) is 2.88. The lowest BCUT2D eigenvalue weighted by Crippen LogP contribution is -2.48. The number of fused-ring (bicyclic) bond motifs is 1. The maximum Gasteiger partial charge on any atom is 0.349 e. The zero-order chi connectivity index (χ0) is 16.8. The molecule has 0 aromatic carbocycles. The van der Waals surface area contributed by atoms with Crippen molar-refractivity contribution in [2.45, 2.75) is 51.0 Å². The fraction of sp³-hybridized carbons (Fsp3) is 0.611. The first-order chi connectivity index (χ1) is 11.5. The van der Waals surface area contributed by atoms with E-state index < -0.39 is 5.63 Å². The number of hydrogen-bond acceptors (Lipinski definition) is 4. The SMILES string of the molecule is Cc1cc(C2CCC2)oc(=O)c1C(=O)N1CC[C@@H]2NC(=O)C[C@@H]2C1. The van der Waals surface area contributed by atoms with Crippen molar-refractivity contribution in [3.05, 3.63) is 33.4 Å². The van der Waals surface area contributed by atoms with Crippen molar-refractivity contribution in [2.24, 2.45) is 5.92 Å². The van der Waals surface area contributed by atoms with Crippen molar-refractivity contribution >= 4 is 11.8 Å². The highest BCUT2D eigenvalue weighted by atomic mass is 16.4. The van der Waals surface area contributed by atoms with Gasteiger partial charge in [0.05, 0.1) is 0 Å². The highest BCUT2D eigenvalue weighted by Crippen LogP contribution is 2.36. The number of rotatable bonds is 2. The predicted molar refractivity (Wildman–Crippen MR) is 86.9 cm³/mol. The minimum Gasteiger partial charge on any atom is -0.427 e. The van der Waals surface area contributed by atoms with E-state index in [2.05, 4.69) is 5.32 Å². The monoisotopic (exact) mass is 330 g/mol. The zero-order valence-corrected chi connectivity index (χ0v) is 13.8. The van der Waals surface area contributed by atoms with E-state index in [1.165, 1.54) is 0 Å². The van der Waals surface area contributed by atoms with Gasteiger partial charge >= 0.3 is 5.63 Å². The largest absolute Gasteiger partial charge is 0.427 e. The Morgan fingerprint density at radius 1 is 1.29 bits per heavy atom. The van der Waals surface area contributed by atoms with Gasteiger partial charge in [-0.15, -0.1) is 0 Å². The van der Waals surface area contributed by atoms with Crippen molar-refractivity contribution in [3.63, 3.8) is 0 Å². The molecule has 0 unspecified atom stereocenters. The Labute approximate surface area is 140 Å². The average molecular weight is 330 g/mol. The van der Waals surface area contributed by atoms with Crippen LogP contribution in [-0.4, -0.2) is 35.8 Å². The predicted octanol–water partition coefficient (Wildman–Crippen LogP) is 1.57. The topological polar surface area (TPSA) is 79.6 Å². The van der Waals surface area contributed by atoms with Gasteiger partial charge in [-0.2, -0.15) is 0 Å². The van der Waals surface area contributed by atoms with E-state index in [-0.39, 0.29) is 29.3 Å². The molecule has 3 heterocycles. The minimum absolute atomic E-state index is 0.0554. The first-order valence-corrected chi connectivity index (χ1v) is 8.76. The van der Waals surface area contributed by atoms with Crippen LogP contribution in [0.3, 0.4) is 0 Å². The average Bonchev–Trinajstić information content (AvgIpc) is 2.83. The lowest BCUT2D eigenvalue weighted by molar-refractivity contribution is -0.119. The van der Waals surface area contributed by atoms with Gasteiger partial charge in [-0.05, 0) is 37.8 Å². The van der Waals surface area contributed by atoms with Gasteiger partial charge in [0, 0.05) is 37.4 Å². The van der Waals surface area contributed by atoms with Gasteiger partial charge in [-0.1, -0.05) is 6.42 Å². The molecule has 1 aromatic rings. The number of nitrogens with one attached hydrogen (secondary N) is 1. The summed E-state index contributed by atoms with van der Waals surface area (Å²) in [4.78, 5) is 38.4. The summed E-state index contributed by atoms with van der Waals surface area (Å²) in [5, 5.41) is 2.95. The molecule has 24 heavy (non-hydrogen) atoms. The summed E-state index contributed by atoms with van der Waals surface area (Å²) >= 11 is 0. The number of hydrogen-bond donors (Lipinski definition) is 1. The lowest BCUT2D eigenvalue weighted by atomic mass is 9.83. The molecule has 4 rings (SSSR count). The molecule has 3 aliphatic rings. The smallest absolute Gasteiger partial charge is 0.349 e. The molecule has 0 spiro atoms. The van der Waals surface area contributed by atoms with Crippen LogP contribution in [0.1, 0.15) is 59.7 Å². The number of carbonyl (C=O) groups excluding carboxylic acids is 2. The molecule has 2 saturated heterocycles. The van der Waals surface area contributed by atoms with Crippen molar-refractivity contribution < 1.29 is 14.0 Å². The Bertz CT molecular complexity index is 750. The van der Waals surface area contributed by atoms with Gasteiger partial charge in [-0.25, -0.2) is 4.79 Å². The fourth-order valence-electron chi connectivity index (χ4n) is 4.06. The second-order valence-electron chi connectivity index (χ2n) is 7.30. The van der Waals surface area contributed by atoms with E-state index >= 15 is 0 Å². The number of piperidine rings is 1. The molecule has 0 bridgehead atoms. The summed E-state index contributed by atoms with van der Waals surface area (Å²) in [5.74, 6) is 0.979. The molecule has 128 valence electrons. The van der Waals surface area contributed by atoms with Crippen LogP contribution >= 0.6 is 0 Å². The summed E-state index contributed by atoms with van der Waals surface area (Å²) in [6, 6.07) is 2.02. The van der Waals surface area contributed by atoms with Crippen LogP contribution in [0.2, 0.25) is 0 Å². The van der Waals surface area contributed by atoms with Crippen molar-refractivity contribution in [1.82, 2.24) is 10.2 Å². The molecule has 1 aromatic heterocycles. The highest BCUT2D eigenvalue weighted by molar-refractivity contribution is 5.95. The Morgan fingerprint density at radius 2 is 2.08 bits per heavy atom. The molecule has 6 nitrogen and oxygen atoms in total. The van der Waals surface area contributed by atoms with Gasteiger partial charge in [0.15, 0.2) is 0 Å². The third-order valence-corrected chi connectivity index (χ3v) is 5.70. The van der Waals surface area contributed by atoms with E-state index in [9.17, 15) is 14.4 Å². The molecule has 0 radical (unpaired) electrons. The van der Waals surface area contributed by atoms with Crippen molar-refractivity contribution in [3.8, 4) is 0 Å². The molecule has 1 N–H and O–H groups in total. The van der Waals surface area contributed by atoms with E-state index in [0.29, 0.717) is 36.8 Å². The summed E-state index contributed by atoms with van der Waals surface area (Å²) in [6.07, 6.45) is 4.46. The molecule has 2 aliphatic heterocycles. The lowest BCUT2D eigenvalue weighted by Gasteiger charge is -2.34. The number of aryl methyl sites for hydroxylation is 1. The molecule has 3 fully saturated rings. The number of likely N-dealkylation sites (tertiary alicyclic amines) is 1. The molecular weight excluding hydrogens is 308 g/mol. The Kier molecular flexibility index (Phi) is 3.70. The van der Waals surface area contributed by atoms with Crippen molar-refractivity contribution in [1.29, 1.82) is 0 Å². The van der Waals surface area contributed by atoms with Crippen LogP contribution in [-0.2, 0) is 4.79 Å². The van der Waals surface area contributed by atoms with Crippen LogP contribution in [0.15, 0.2) is 15.3 Å². The maximum atomic E-state index is 12.8. The van der Waals surface area contributed by atoms with Crippen LogP contribution in [0.4, 0.5) is 0 Å². The van der Waals surface area contributed by atoms with E-state index in [1.807, 2.05) is 6.07 Å². The Hall–Kier alpha value is -2.11. The third-order valence-electron chi connectivity index (χ3n) is 5.70. The van der Waals surface area contributed by atoms with Crippen LogP contribution < -0.4 is 10.9 Å². The van der Waals surface area contributed by atoms with Gasteiger partial charge in [0.25, 0.3) is 5.91 Å². The van der Waals surface area contributed by atoms with E-state index in [4.69, 9.17) is 4.42 Å². The minimum atomic E-state index is -0.523. The summed E-state index contributed by atoms with van der Waals surface area (Å²) in [7, 11) is 0. The molecular formula is C18H22N2O4. The van der Waals surface area contributed by atoms with Gasteiger partial charge < -0.3 is 14.6 Å². The van der Waals surface area contributed by atoms with Crippen LogP contribution in [0, 0.1) is 12.8 Å². The normalized spacial score (nSPS) is 26.7. The second kappa shape index (κ2) is 5.76. The number of nitrogens with zero attached hydrogens (tertiary/aromatic N) is 1. The van der Waals surface area contributed by atoms with Crippen LogP contribution in [0.25, 0.3) is 0 Å². The Morgan fingerprint density at radius 3 is 2.75 bits per heavy atom. The maximum absolute atomic E-state index is 12.8. The van der Waals surface area contributed by atoms with E-state index in [1.54, 1.807) is 11.8 Å². The van der Waals surface area contributed by atoms with Crippen LogP contribution in [0.5, 0.6) is 0 Å². The highest BCUT2D eigenvalue weighted by Gasteiger charge is 2.39. The first kappa shape index (κ1) is 15.4. The summed E-state index contributed by atoms with van der Waals surface area (Å²) < 4.78 is 5.44. The Balaban J connectivity index is 1.56. The quantitative estimate of drug-likeness (QED) is 0.892. The standard InChI is InChI=1S/C18H22N2O4/c1-10-7-14(11-3-2-4-11)24-18(23)16(10)17(22)20-6-5-13-12(9-20)8-15(21)19-13/h7,11-13H,2-6,8-9H2,1H3,(H,19,21)/t12-,13+/m1/s1.